The van der Waals surface area contributed by atoms with Crippen molar-refractivity contribution in [3.63, 3.8) is 0 Å². The number of rotatable bonds is 3. The van der Waals surface area contributed by atoms with E-state index in [9.17, 15) is 5.11 Å². The van der Waals surface area contributed by atoms with Crippen molar-refractivity contribution >= 4 is 15.6 Å². The summed E-state index contributed by atoms with van der Waals surface area (Å²) < 4.78 is 17.8. The van der Waals surface area contributed by atoms with Gasteiger partial charge in [0.15, 0.2) is 0 Å². The molecule has 0 radical (unpaired) electrons. The van der Waals surface area contributed by atoms with E-state index in [-0.39, 0.29) is 5.41 Å². The lowest BCUT2D eigenvalue weighted by molar-refractivity contribution is 0.272. The Morgan fingerprint density at radius 3 is 1.62 bits per heavy atom. The Labute approximate surface area is 153 Å². The summed E-state index contributed by atoms with van der Waals surface area (Å²) in [4.78, 5) is 43.1. The van der Waals surface area contributed by atoms with Crippen molar-refractivity contribution in [1.29, 1.82) is 0 Å². The molecule has 0 bridgehead atoms. The van der Waals surface area contributed by atoms with Crippen LogP contribution in [0.15, 0.2) is 12.1 Å². The molecule has 1 aromatic rings. The highest BCUT2D eigenvalue weighted by Crippen LogP contribution is 2.31. The molecule has 0 unspecified atom stereocenters. The number of phenols is 1. The molecule has 11 heteroatoms. The Kier molecular flexibility index (Phi) is 11.8. The fourth-order valence-corrected chi connectivity index (χ4v) is 1.82. The van der Waals surface area contributed by atoms with E-state index in [1.54, 1.807) is 0 Å². The zero-order valence-electron chi connectivity index (χ0n) is 15.6. The molecule has 0 fully saturated rings. The quantitative estimate of drug-likeness (QED) is 0.365. The average Bonchev–Trinajstić information content (AvgIpc) is 2.35. The van der Waals surface area contributed by atoms with Crippen LogP contribution in [0.3, 0.4) is 0 Å². The van der Waals surface area contributed by atoms with Gasteiger partial charge in [-0.1, -0.05) is 40.2 Å². The summed E-state index contributed by atoms with van der Waals surface area (Å²) in [6.07, 6.45) is 3.45. The Morgan fingerprint density at radius 1 is 0.923 bits per heavy atom. The van der Waals surface area contributed by atoms with Gasteiger partial charge in [0.1, 0.15) is 5.75 Å². The second-order valence-electron chi connectivity index (χ2n) is 6.66. The number of benzene rings is 1. The Bertz CT molecular complexity index is 605. The molecule has 26 heavy (non-hydrogen) atoms. The SMILES string of the molecule is CCCCc1cc(C(C)(C)C)cc(O)c1C.O=P(O)(O)O.O=P(O)(O)O. The zero-order chi connectivity index (χ0) is 21.3. The van der Waals surface area contributed by atoms with Crippen molar-refractivity contribution in [3.05, 3.63) is 28.8 Å². The molecule has 9 nitrogen and oxygen atoms in total. The standard InChI is InChI=1S/C15H24O.2H3O4P/c1-6-7-8-12-9-13(15(3,4)5)10-14(16)11(12)2;2*1-5(2,3)4/h9-10,16H,6-8H2,1-5H3;2*(H3,1,2,3,4). The van der Waals surface area contributed by atoms with E-state index in [2.05, 4.69) is 33.8 Å². The highest BCUT2D eigenvalue weighted by molar-refractivity contribution is 7.45. The van der Waals surface area contributed by atoms with Gasteiger partial charge in [0.25, 0.3) is 0 Å². The Hall–Kier alpha value is -0.760. The summed E-state index contributed by atoms with van der Waals surface area (Å²) in [6, 6.07) is 4.16. The van der Waals surface area contributed by atoms with Gasteiger partial charge < -0.3 is 34.5 Å². The molecule has 0 saturated heterocycles. The van der Waals surface area contributed by atoms with Crippen molar-refractivity contribution in [1.82, 2.24) is 0 Å². The first-order chi connectivity index (χ1) is 11.4. The van der Waals surface area contributed by atoms with Gasteiger partial charge in [-0.25, -0.2) is 9.13 Å². The number of aromatic hydroxyl groups is 1. The summed E-state index contributed by atoms with van der Waals surface area (Å²) in [7, 11) is -9.28. The summed E-state index contributed by atoms with van der Waals surface area (Å²) in [5.74, 6) is 0.443. The molecule has 154 valence electrons. The molecule has 0 saturated carbocycles. The lowest BCUT2D eigenvalue weighted by Crippen LogP contribution is -2.12. The van der Waals surface area contributed by atoms with Crippen molar-refractivity contribution in [2.24, 2.45) is 0 Å². The molecule has 7 N–H and O–H groups in total. The molecule has 1 rings (SSSR count). The second kappa shape index (κ2) is 11.2. The Morgan fingerprint density at radius 2 is 1.31 bits per heavy atom. The molecule has 0 atom stereocenters. The number of phosphoric acid groups is 2. The number of hydrogen-bond donors (Lipinski definition) is 7. The van der Waals surface area contributed by atoms with E-state index in [1.165, 1.54) is 24.0 Å². The monoisotopic (exact) mass is 416 g/mol. The van der Waals surface area contributed by atoms with Gasteiger partial charge in [-0.15, -0.1) is 0 Å². The second-order valence-corrected chi connectivity index (χ2v) is 8.71. The minimum absolute atomic E-state index is 0.103. The topological polar surface area (TPSA) is 176 Å². The normalized spacial score (nSPS) is 11.8. The van der Waals surface area contributed by atoms with Crippen LogP contribution in [-0.4, -0.2) is 34.5 Å². The fraction of sp³-hybridized carbons (Fsp3) is 0.600. The van der Waals surface area contributed by atoms with Crippen LogP contribution in [0, 0.1) is 6.92 Å². The zero-order valence-corrected chi connectivity index (χ0v) is 17.4. The van der Waals surface area contributed by atoms with E-state index < -0.39 is 15.6 Å². The number of hydrogen-bond acceptors (Lipinski definition) is 3. The van der Waals surface area contributed by atoms with Gasteiger partial charge in [-0.05, 0) is 47.9 Å². The van der Waals surface area contributed by atoms with Crippen LogP contribution in [0.2, 0.25) is 0 Å². The van der Waals surface area contributed by atoms with Gasteiger partial charge in [0, 0.05) is 0 Å². The van der Waals surface area contributed by atoms with Gasteiger partial charge in [0.05, 0.1) is 0 Å². The molecule has 0 aliphatic carbocycles. The summed E-state index contributed by atoms with van der Waals surface area (Å²) >= 11 is 0. The largest absolute Gasteiger partial charge is 0.508 e. The third-order valence-corrected chi connectivity index (χ3v) is 3.15. The highest BCUT2D eigenvalue weighted by atomic mass is 31.2. The van der Waals surface area contributed by atoms with Crippen LogP contribution >= 0.6 is 15.6 Å². The van der Waals surface area contributed by atoms with Crippen LogP contribution in [0.1, 0.15) is 57.2 Å². The molecule has 0 heterocycles. The van der Waals surface area contributed by atoms with Crippen LogP contribution < -0.4 is 0 Å². The van der Waals surface area contributed by atoms with Gasteiger partial charge >= 0.3 is 15.6 Å². The van der Waals surface area contributed by atoms with Gasteiger partial charge in [0.2, 0.25) is 0 Å². The minimum atomic E-state index is -4.64. The molecule has 0 aliphatic rings. The van der Waals surface area contributed by atoms with E-state index in [1.807, 2.05) is 13.0 Å². The predicted molar refractivity (Wildman–Crippen MR) is 98.7 cm³/mol. The highest BCUT2D eigenvalue weighted by Gasteiger charge is 2.16. The predicted octanol–water partition coefficient (Wildman–Crippen LogP) is 2.48. The summed E-state index contributed by atoms with van der Waals surface area (Å²) in [5, 5.41) is 9.94. The number of unbranched alkanes of at least 4 members (excludes halogenated alkanes) is 1. The van der Waals surface area contributed by atoms with E-state index in [0.717, 1.165) is 12.0 Å². The molecular weight excluding hydrogens is 386 g/mol. The lowest BCUT2D eigenvalue weighted by Gasteiger charge is -2.21. The van der Waals surface area contributed by atoms with Crippen molar-refractivity contribution in [3.8, 4) is 5.75 Å². The van der Waals surface area contributed by atoms with Crippen molar-refractivity contribution in [2.45, 2.75) is 59.3 Å². The minimum Gasteiger partial charge on any atom is -0.508 e. The average molecular weight is 416 g/mol. The Balaban J connectivity index is 0. The molecule has 0 aliphatic heterocycles. The molecule has 1 aromatic carbocycles. The maximum Gasteiger partial charge on any atom is 0.466 e. The first kappa shape index (κ1) is 27.5. The third-order valence-electron chi connectivity index (χ3n) is 3.15. The number of phenolic OH excluding ortho intramolecular Hbond substituents is 1. The molecule has 0 aromatic heterocycles. The summed E-state index contributed by atoms with van der Waals surface area (Å²) in [5.41, 5.74) is 3.67. The molecule has 0 amide bonds. The molecule has 0 spiro atoms. The van der Waals surface area contributed by atoms with E-state index >= 15 is 0 Å². The van der Waals surface area contributed by atoms with Crippen LogP contribution in [0.4, 0.5) is 0 Å². The maximum atomic E-state index is 9.94. The molecular formula is C15H30O9P2. The first-order valence-corrected chi connectivity index (χ1v) is 10.9. The van der Waals surface area contributed by atoms with Gasteiger partial charge in [-0.3, -0.25) is 0 Å². The maximum absolute atomic E-state index is 9.94. The summed E-state index contributed by atoms with van der Waals surface area (Å²) in [6.45, 7) is 10.7. The van der Waals surface area contributed by atoms with Crippen molar-refractivity contribution < 1.29 is 43.6 Å². The van der Waals surface area contributed by atoms with E-state index in [4.69, 9.17) is 38.5 Å². The van der Waals surface area contributed by atoms with Crippen LogP contribution in [-0.2, 0) is 21.0 Å². The van der Waals surface area contributed by atoms with Crippen LogP contribution in [0.25, 0.3) is 0 Å². The lowest BCUT2D eigenvalue weighted by atomic mass is 9.84. The van der Waals surface area contributed by atoms with Gasteiger partial charge in [-0.2, -0.15) is 0 Å². The smallest absolute Gasteiger partial charge is 0.466 e. The van der Waals surface area contributed by atoms with Crippen molar-refractivity contribution in [2.75, 3.05) is 0 Å². The number of aryl methyl sites for hydroxylation is 1. The fourth-order valence-electron chi connectivity index (χ4n) is 1.82. The van der Waals surface area contributed by atoms with Crippen LogP contribution in [0.5, 0.6) is 5.75 Å². The van der Waals surface area contributed by atoms with E-state index in [0.29, 0.717) is 5.75 Å². The first-order valence-electron chi connectivity index (χ1n) is 7.75. The third kappa shape index (κ3) is 18.0.